The van der Waals surface area contributed by atoms with Gasteiger partial charge in [-0.3, -0.25) is 4.98 Å². The van der Waals surface area contributed by atoms with Gasteiger partial charge in [-0.1, -0.05) is 6.07 Å². The monoisotopic (exact) mass is 278 g/mol. The highest BCUT2D eigenvalue weighted by molar-refractivity contribution is 5.36. The molecule has 106 valence electrons. The molecule has 0 aliphatic rings. The fourth-order valence-electron chi connectivity index (χ4n) is 1.84. The van der Waals surface area contributed by atoms with E-state index >= 15 is 0 Å². The van der Waals surface area contributed by atoms with Gasteiger partial charge in [0.25, 0.3) is 0 Å². The van der Waals surface area contributed by atoms with Crippen molar-refractivity contribution in [3.8, 4) is 5.75 Å². The van der Waals surface area contributed by atoms with Crippen LogP contribution in [0.2, 0.25) is 0 Å². The van der Waals surface area contributed by atoms with Crippen LogP contribution in [0.5, 0.6) is 5.75 Å². The zero-order valence-corrected chi connectivity index (χ0v) is 11.4. The Balaban J connectivity index is 2.18. The van der Waals surface area contributed by atoms with E-state index in [0.29, 0.717) is 11.3 Å². The summed E-state index contributed by atoms with van der Waals surface area (Å²) < 4.78 is 32.0. The van der Waals surface area contributed by atoms with Crippen LogP contribution in [-0.2, 0) is 6.61 Å². The molecule has 0 amide bonds. The molecule has 1 heterocycles. The number of hydrogen-bond donors (Lipinski definition) is 1. The molecule has 0 radical (unpaired) electrons. The Hall–Kier alpha value is -2.01. The Kier molecular flexibility index (Phi) is 4.63. The summed E-state index contributed by atoms with van der Waals surface area (Å²) in [5, 5.41) is 3.07. The van der Waals surface area contributed by atoms with Crippen LogP contribution in [0.3, 0.4) is 0 Å². The molecular weight excluding hydrogens is 262 g/mol. The third kappa shape index (κ3) is 3.51. The maximum atomic E-state index is 13.3. The summed E-state index contributed by atoms with van der Waals surface area (Å²) in [6.07, 6.45) is 2.64. The second kappa shape index (κ2) is 6.43. The third-order valence-electron chi connectivity index (χ3n) is 3.03. The molecule has 1 aromatic heterocycles. The Morgan fingerprint density at radius 3 is 2.70 bits per heavy atom. The molecule has 3 nitrogen and oxygen atoms in total. The van der Waals surface area contributed by atoms with Crippen LogP contribution in [0.1, 0.15) is 24.1 Å². The summed E-state index contributed by atoms with van der Waals surface area (Å²) in [6, 6.07) is 5.76. The maximum absolute atomic E-state index is 13.3. The topological polar surface area (TPSA) is 34.1 Å². The number of halogens is 2. The molecule has 1 aromatic carbocycles. The molecule has 0 fully saturated rings. The van der Waals surface area contributed by atoms with Gasteiger partial charge in [0.1, 0.15) is 24.0 Å². The minimum absolute atomic E-state index is 0.0243. The van der Waals surface area contributed by atoms with E-state index in [-0.39, 0.29) is 18.5 Å². The number of nitrogens with one attached hydrogen (secondary N) is 1. The highest BCUT2D eigenvalue weighted by atomic mass is 19.1. The largest absolute Gasteiger partial charge is 0.488 e. The van der Waals surface area contributed by atoms with E-state index in [0.717, 1.165) is 11.8 Å². The van der Waals surface area contributed by atoms with Crippen molar-refractivity contribution in [2.24, 2.45) is 0 Å². The first kappa shape index (κ1) is 14.4. The van der Waals surface area contributed by atoms with E-state index in [9.17, 15) is 8.78 Å². The van der Waals surface area contributed by atoms with Crippen molar-refractivity contribution in [3.05, 3.63) is 59.4 Å². The van der Waals surface area contributed by atoms with Crippen LogP contribution in [-0.4, -0.2) is 12.0 Å². The zero-order chi connectivity index (χ0) is 14.5. The summed E-state index contributed by atoms with van der Waals surface area (Å²) in [5.74, 6) is -0.352. The van der Waals surface area contributed by atoms with Gasteiger partial charge in [0.05, 0.1) is 6.20 Å². The molecular formula is C15H16F2N2O. The lowest BCUT2D eigenvalue weighted by Gasteiger charge is -2.16. The first-order valence-electron chi connectivity index (χ1n) is 6.29. The molecule has 0 saturated heterocycles. The van der Waals surface area contributed by atoms with Crippen molar-refractivity contribution in [3.63, 3.8) is 0 Å². The molecule has 0 saturated carbocycles. The number of rotatable bonds is 5. The fraction of sp³-hybridized carbons (Fsp3) is 0.267. The van der Waals surface area contributed by atoms with Gasteiger partial charge in [0, 0.05) is 29.4 Å². The predicted molar refractivity (Wildman–Crippen MR) is 72.4 cm³/mol. The molecule has 2 aromatic rings. The standard InChI is InChI=1S/C15H16F2N2O/c1-10(18-2)14-4-3-12(16)6-15(14)20-9-11-5-13(17)8-19-7-11/h3-8,10,18H,9H2,1-2H3. The van der Waals surface area contributed by atoms with Gasteiger partial charge < -0.3 is 10.1 Å². The van der Waals surface area contributed by atoms with Gasteiger partial charge in [0.15, 0.2) is 0 Å². The molecule has 2 rings (SSSR count). The Labute approximate surface area is 116 Å². The smallest absolute Gasteiger partial charge is 0.141 e. The lowest BCUT2D eigenvalue weighted by Crippen LogP contribution is -2.14. The van der Waals surface area contributed by atoms with Crippen LogP contribution in [0.15, 0.2) is 36.7 Å². The normalized spacial score (nSPS) is 12.2. The van der Waals surface area contributed by atoms with Gasteiger partial charge in [-0.15, -0.1) is 0 Å². The van der Waals surface area contributed by atoms with Crippen LogP contribution in [0.4, 0.5) is 8.78 Å². The van der Waals surface area contributed by atoms with Crippen LogP contribution >= 0.6 is 0 Å². The first-order chi connectivity index (χ1) is 9.60. The van der Waals surface area contributed by atoms with E-state index < -0.39 is 5.82 Å². The lowest BCUT2D eigenvalue weighted by molar-refractivity contribution is 0.297. The Bertz CT molecular complexity index is 590. The van der Waals surface area contributed by atoms with E-state index in [1.54, 1.807) is 6.07 Å². The number of benzene rings is 1. The summed E-state index contributed by atoms with van der Waals surface area (Å²) in [7, 11) is 1.81. The predicted octanol–water partition coefficient (Wildman–Crippen LogP) is 3.22. The molecule has 5 heteroatoms. The molecule has 0 aliphatic carbocycles. The molecule has 20 heavy (non-hydrogen) atoms. The van der Waals surface area contributed by atoms with Crippen molar-refractivity contribution < 1.29 is 13.5 Å². The molecule has 1 atom stereocenters. The minimum Gasteiger partial charge on any atom is -0.488 e. The highest BCUT2D eigenvalue weighted by Gasteiger charge is 2.11. The Morgan fingerprint density at radius 1 is 1.20 bits per heavy atom. The van der Waals surface area contributed by atoms with Crippen LogP contribution < -0.4 is 10.1 Å². The molecule has 0 aliphatic heterocycles. The third-order valence-corrected chi connectivity index (χ3v) is 3.03. The SMILES string of the molecule is CNC(C)c1ccc(F)cc1OCc1cncc(F)c1. The maximum Gasteiger partial charge on any atom is 0.141 e. The molecule has 1 unspecified atom stereocenters. The lowest BCUT2D eigenvalue weighted by atomic mass is 10.1. The van der Waals surface area contributed by atoms with E-state index in [4.69, 9.17) is 4.74 Å². The van der Waals surface area contributed by atoms with Gasteiger partial charge in [-0.25, -0.2) is 8.78 Å². The second-order valence-electron chi connectivity index (χ2n) is 4.49. The molecule has 0 spiro atoms. The van der Waals surface area contributed by atoms with Crippen molar-refractivity contribution in [1.82, 2.24) is 10.3 Å². The number of aromatic nitrogens is 1. The van der Waals surface area contributed by atoms with Gasteiger partial charge in [-0.05, 0) is 26.1 Å². The van der Waals surface area contributed by atoms with E-state index in [1.165, 1.54) is 24.4 Å². The molecule has 1 N–H and O–H groups in total. The Morgan fingerprint density at radius 2 is 2.00 bits per heavy atom. The summed E-state index contributed by atoms with van der Waals surface area (Å²) in [4.78, 5) is 3.75. The van der Waals surface area contributed by atoms with Crippen molar-refractivity contribution in [2.75, 3.05) is 7.05 Å². The average Bonchev–Trinajstić information content (AvgIpc) is 2.44. The van der Waals surface area contributed by atoms with Crippen LogP contribution in [0, 0.1) is 11.6 Å². The summed E-state index contributed by atoms with van der Waals surface area (Å²) in [5.41, 5.74) is 1.44. The van der Waals surface area contributed by atoms with E-state index in [2.05, 4.69) is 10.3 Å². The van der Waals surface area contributed by atoms with Gasteiger partial charge in [0.2, 0.25) is 0 Å². The van der Waals surface area contributed by atoms with Crippen molar-refractivity contribution in [1.29, 1.82) is 0 Å². The highest BCUT2D eigenvalue weighted by Crippen LogP contribution is 2.26. The quantitative estimate of drug-likeness (QED) is 0.912. The minimum atomic E-state index is -0.422. The van der Waals surface area contributed by atoms with Crippen molar-refractivity contribution in [2.45, 2.75) is 19.6 Å². The fourth-order valence-corrected chi connectivity index (χ4v) is 1.84. The second-order valence-corrected chi connectivity index (χ2v) is 4.49. The summed E-state index contributed by atoms with van der Waals surface area (Å²) >= 11 is 0. The number of pyridine rings is 1. The summed E-state index contributed by atoms with van der Waals surface area (Å²) in [6.45, 7) is 2.08. The average molecular weight is 278 g/mol. The number of nitrogens with zero attached hydrogens (tertiary/aromatic N) is 1. The van der Waals surface area contributed by atoms with Gasteiger partial charge in [-0.2, -0.15) is 0 Å². The van der Waals surface area contributed by atoms with E-state index in [1.807, 2.05) is 14.0 Å². The molecule has 0 bridgehead atoms. The zero-order valence-electron chi connectivity index (χ0n) is 11.4. The number of hydrogen-bond acceptors (Lipinski definition) is 3. The van der Waals surface area contributed by atoms with Gasteiger partial charge >= 0.3 is 0 Å². The first-order valence-corrected chi connectivity index (χ1v) is 6.29. The van der Waals surface area contributed by atoms with Crippen LogP contribution in [0.25, 0.3) is 0 Å². The number of ether oxygens (including phenoxy) is 1. The van der Waals surface area contributed by atoms with Crippen molar-refractivity contribution >= 4 is 0 Å².